The summed E-state index contributed by atoms with van der Waals surface area (Å²) >= 11 is 4.61. The van der Waals surface area contributed by atoms with Crippen molar-refractivity contribution in [1.29, 1.82) is 0 Å². The third-order valence-corrected chi connectivity index (χ3v) is 7.89. The van der Waals surface area contributed by atoms with Crippen LogP contribution >= 0.6 is 39.7 Å². The van der Waals surface area contributed by atoms with Crippen LogP contribution < -0.4 is 5.32 Å². The van der Waals surface area contributed by atoms with Crippen LogP contribution in [0, 0.1) is 0 Å². The quantitative estimate of drug-likeness (QED) is 0.813. The van der Waals surface area contributed by atoms with Gasteiger partial charge in [0, 0.05) is 45.3 Å². The minimum absolute atomic E-state index is 0. The summed E-state index contributed by atoms with van der Waals surface area (Å²) < 4.78 is 28.0. The molecule has 2 aliphatic heterocycles. The summed E-state index contributed by atoms with van der Waals surface area (Å²) in [5.74, 6) is 0. The smallest absolute Gasteiger partial charge is 0.252 e. The molecule has 1 N–H and O–H groups in total. The topological polar surface area (TPSA) is 52.7 Å². The van der Waals surface area contributed by atoms with Crippen LogP contribution in [0.15, 0.2) is 20.1 Å². The van der Waals surface area contributed by atoms with E-state index in [1.807, 2.05) is 0 Å². The van der Waals surface area contributed by atoms with Crippen molar-refractivity contribution in [3.8, 4) is 0 Å². The van der Waals surface area contributed by atoms with Crippen LogP contribution in [0.1, 0.15) is 6.42 Å². The van der Waals surface area contributed by atoms with E-state index in [-0.39, 0.29) is 12.4 Å². The summed E-state index contributed by atoms with van der Waals surface area (Å²) in [6.07, 6.45) is 0.936. The number of hydrogen-bond acceptors (Lipinski definition) is 5. The highest BCUT2D eigenvalue weighted by Gasteiger charge is 2.36. The summed E-state index contributed by atoms with van der Waals surface area (Å²) in [6, 6.07) is 3.85. The standard InChI is InChI=1S/C12H18BrN3O2S2.ClH/c13-11-1-2-12(19-11)20(17,18)16-6-3-10(9-16)15-7-4-14-5-8-15;/h1-2,10,14H,3-9H2;1H. The van der Waals surface area contributed by atoms with Crippen LogP contribution in [0.4, 0.5) is 0 Å². The van der Waals surface area contributed by atoms with E-state index in [1.54, 1.807) is 16.4 Å². The predicted molar refractivity (Wildman–Crippen MR) is 90.9 cm³/mol. The first-order chi connectivity index (χ1) is 9.57. The summed E-state index contributed by atoms with van der Waals surface area (Å²) in [4.78, 5) is 2.41. The minimum Gasteiger partial charge on any atom is -0.314 e. The highest BCUT2D eigenvalue weighted by Crippen LogP contribution is 2.30. The lowest BCUT2D eigenvalue weighted by Crippen LogP contribution is -2.49. The maximum atomic E-state index is 12.6. The molecule has 0 bridgehead atoms. The Balaban J connectivity index is 0.00000161. The summed E-state index contributed by atoms with van der Waals surface area (Å²) in [5.41, 5.74) is 0. The molecule has 0 radical (unpaired) electrons. The Hall–Kier alpha value is 0.300. The number of nitrogens with one attached hydrogen (secondary N) is 1. The van der Waals surface area contributed by atoms with Crippen molar-refractivity contribution in [1.82, 2.24) is 14.5 Å². The van der Waals surface area contributed by atoms with Crippen molar-refractivity contribution >= 4 is 49.7 Å². The van der Waals surface area contributed by atoms with Crippen molar-refractivity contribution in [2.45, 2.75) is 16.7 Å². The molecule has 0 spiro atoms. The molecular weight excluding hydrogens is 398 g/mol. The zero-order valence-corrected chi connectivity index (χ0v) is 15.5. The van der Waals surface area contributed by atoms with Crippen molar-refractivity contribution in [3.05, 3.63) is 15.9 Å². The lowest BCUT2D eigenvalue weighted by molar-refractivity contribution is 0.179. The summed E-state index contributed by atoms with van der Waals surface area (Å²) in [7, 11) is -3.31. The number of halogens is 2. The van der Waals surface area contributed by atoms with Crippen molar-refractivity contribution < 1.29 is 8.42 Å². The van der Waals surface area contributed by atoms with Crippen LogP contribution in [0.3, 0.4) is 0 Å². The number of rotatable bonds is 3. The fraction of sp³-hybridized carbons (Fsp3) is 0.667. The molecule has 2 fully saturated rings. The Kier molecular flexibility index (Phi) is 6.09. The van der Waals surface area contributed by atoms with Crippen molar-refractivity contribution in [2.75, 3.05) is 39.3 Å². The zero-order chi connectivity index (χ0) is 14.2. The van der Waals surface area contributed by atoms with Gasteiger partial charge in [0.2, 0.25) is 0 Å². The maximum absolute atomic E-state index is 12.6. The molecule has 0 aliphatic carbocycles. The number of hydrogen-bond donors (Lipinski definition) is 1. The van der Waals surface area contributed by atoms with E-state index in [0.717, 1.165) is 36.4 Å². The molecule has 1 aromatic heterocycles. The highest BCUT2D eigenvalue weighted by atomic mass is 79.9. The molecule has 9 heteroatoms. The van der Waals surface area contributed by atoms with E-state index in [1.165, 1.54) is 11.3 Å². The Morgan fingerprint density at radius 1 is 1.24 bits per heavy atom. The number of thiophene rings is 1. The minimum atomic E-state index is -3.31. The first-order valence-electron chi connectivity index (χ1n) is 6.77. The van der Waals surface area contributed by atoms with Crippen LogP contribution in [0.25, 0.3) is 0 Å². The zero-order valence-electron chi connectivity index (χ0n) is 11.5. The molecule has 3 heterocycles. The molecule has 0 amide bonds. The fourth-order valence-corrected chi connectivity index (χ4v) is 6.49. The second kappa shape index (κ2) is 7.25. The van der Waals surface area contributed by atoms with Gasteiger partial charge in [0.05, 0.1) is 3.79 Å². The molecule has 0 aromatic carbocycles. The predicted octanol–water partition coefficient (Wildman–Crippen LogP) is 1.60. The molecule has 0 saturated carbocycles. The van der Waals surface area contributed by atoms with Gasteiger partial charge in [-0.05, 0) is 34.5 Å². The van der Waals surface area contributed by atoms with E-state index in [4.69, 9.17) is 0 Å². The molecule has 2 aliphatic rings. The van der Waals surface area contributed by atoms with Gasteiger partial charge in [0.1, 0.15) is 4.21 Å². The maximum Gasteiger partial charge on any atom is 0.252 e. The van der Waals surface area contributed by atoms with E-state index in [9.17, 15) is 8.42 Å². The van der Waals surface area contributed by atoms with Crippen LogP contribution in [0.5, 0.6) is 0 Å². The van der Waals surface area contributed by atoms with Gasteiger partial charge in [-0.2, -0.15) is 4.31 Å². The summed E-state index contributed by atoms with van der Waals surface area (Å²) in [6.45, 7) is 5.29. The Morgan fingerprint density at radius 2 is 1.95 bits per heavy atom. The number of piperazine rings is 1. The lowest BCUT2D eigenvalue weighted by atomic mass is 10.2. The van der Waals surface area contributed by atoms with Crippen LogP contribution in [-0.2, 0) is 10.0 Å². The summed E-state index contributed by atoms with van der Waals surface area (Å²) in [5, 5.41) is 3.33. The fourth-order valence-electron chi connectivity index (χ4n) is 2.84. The molecule has 120 valence electrons. The third kappa shape index (κ3) is 3.80. The van der Waals surface area contributed by atoms with E-state index in [0.29, 0.717) is 23.3 Å². The van der Waals surface area contributed by atoms with Gasteiger partial charge in [-0.1, -0.05) is 0 Å². The normalized spacial score (nSPS) is 24.9. The molecule has 3 rings (SSSR count). The second-order valence-corrected chi connectivity index (χ2v) is 9.78. The van der Waals surface area contributed by atoms with E-state index >= 15 is 0 Å². The Labute approximate surface area is 144 Å². The molecule has 5 nitrogen and oxygen atoms in total. The second-order valence-electron chi connectivity index (χ2n) is 5.15. The SMILES string of the molecule is Cl.O=S(=O)(c1ccc(Br)s1)N1CCC(N2CCNCC2)C1. The van der Waals surface area contributed by atoms with Crippen LogP contribution in [-0.4, -0.2) is 62.9 Å². The van der Waals surface area contributed by atoms with Crippen molar-refractivity contribution in [2.24, 2.45) is 0 Å². The van der Waals surface area contributed by atoms with Gasteiger partial charge in [-0.15, -0.1) is 23.7 Å². The molecule has 1 unspecified atom stereocenters. The Bertz CT molecular complexity index is 575. The molecule has 1 aromatic rings. The first kappa shape index (κ1) is 17.7. The average Bonchev–Trinajstić information content (AvgIpc) is 3.09. The van der Waals surface area contributed by atoms with Gasteiger partial charge in [0.25, 0.3) is 10.0 Å². The van der Waals surface area contributed by atoms with Crippen LogP contribution in [0.2, 0.25) is 0 Å². The van der Waals surface area contributed by atoms with E-state index in [2.05, 4.69) is 26.1 Å². The number of sulfonamides is 1. The molecular formula is C12H19BrClN3O2S2. The largest absolute Gasteiger partial charge is 0.314 e. The average molecular weight is 417 g/mol. The highest BCUT2D eigenvalue weighted by molar-refractivity contribution is 9.11. The first-order valence-corrected chi connectivity index (χ1v) is 9.82. The van der Waals surface area contributed by atoms with Gasteiger partial charge < -0.3 is 5.32 Å². The van der Waals surface area contributed by atoms with Gasteiger partial charge in [0.15, 0.2) is 0 Å². The van der Waals surface area contributed by atoms with E-state index < -0.39 is 10.0 Å². The molecule has 21 heavy (non-hydrogen) atoms. The van der Waals surface area contributed by atoms with Gasteiger partial charge in [-0.25, -0.2) is 8.42 Å². The van der Waals surface area contributed by atoms with Gasteiger partial charge in [-0.3, -0.25) is 4.90 Å². The Morgan fingerprint density at radius 3 is 2.57 bits per heavy atom. The third-order valence-electron chi connectivity index (χ3n) is 3.94. The molecule has 1 atom stereocenters. The number of nitrogens with zero attached hydrogens (tertiary/aromatic N) is 2. The van der Waals surface area contributed by atoms with Crippen molar-refractivity contribution in [3.63, 3.8) is 0 Å². The lowest BCUT2D eigenvalue weighted by Gasteiger charge is -2.32. The molecule has 2 saturated heterocycles. The van der Waals surface area contributed by atoms with Gasteiger partial charge >= 0.3 is 0 Å². The monoisotopic (exact) mass is 415 g/mol.